The number of morpholine rings is 1. The lowest BCUT2D eigenvalue weighted by molar-refractivity contribution is -0.139. The second-order valence-electron chi connectivity index (χ2n) is 5.37. The number of ether oxygens (including phenoxy) is 1. The molecule has 1 saturated heterocycles. The topological polar surface area (TPSA) is 85.0 Å². The van der Waals surface area contributed by atoms with Crippen LogP contribution in [0.5, 0.6) is 0 Å². The minimum Gasteiger partial charge on any atom is -0.378 e. The van der Waals surface area contributed by atoms with Gasteiger partial charge in [0.15, 0.2) is 15.8 Å². The third-order valence-corrected chi connectivity index (χ3v) is 4.66. The Bertz CT molecular complexity index is 727. The maximum atomic E-state index is 13.1. The van der Waals surface area contributed by atoms with E-state index in [1.165, 1.54) is 6.07 Å². The van der Waals surface area contributed by atoms with Crippen LogP contribution in [0.2, 0.25) is 0 Å². The van der Waals surface area contributed by atoms with Gasteiger partial charge in [0.2, 0.25) is 0 Å². The molecule has 0 atom stereocenters. The van der Waals surface area contributed by atoms with E-state index in [0.717, 1.165) is 18.4 Å². The first-order valence-corrected chi connectivity index (χ1v) is 9.01. The Balaban J connectivity index is 2.25. The van der Waals surface area contributed by atoms with Crippen molar-refractivity contribution in [2.24, 2.45) is 10.7 Å². The molecule has 1 fully saturated rings. The van der Waals surface area contributed by atoms with Crippen LogP contribution < -0.4 is 5.73 Å². The van der Waals surface area contributed by atoms with Gasteiger partial charge in [-0.15, -0.1) is 0 Å². The lowest BCUT2D eigenvalue weighted by atomic mass is 10.1. The predicted octanol–water partition coefficient (Wildman–Crippen LogP) is 1.26. The second kappa shape index (κ2) is 6.98. The predicted molar refractivity (Wildman–Crippen MR) is 82.3 cm³/mol. The van der Waals surface area contributed by atoms with Gasteiger partial charge in [-0.1, -0.05) is 6.07 Å². The molecule has 0 unspecified atom stereocenters. The number of sulfone groups is 1. The van der Waals surface area contributed by atoms with Crippen molar-refractivity contribution in [2.75, 3.05) is 32.6 Å². The zero-order valence-electron chi connectivity index (χ0n) is 13.0. The van der Waals surface area contributed by atoms with Gasteiger partial charge in [-0.05, 0) is 17.7 Å². The van der Waals surface area contributed by atoms with E-state index in [-0.39, 0.29) is 18.1 Å². The minimum absolute atomic E-state index is 0.0731. The number of halogens is 3. The lowest BCUT2D eigenvalue weighted by Crippen LogP contribution is -2.44. The summed E-state index contributed by atoms with van der Waals surface area (Å²) in [5.41, 5.74) is 4.86. The highest BCUT2D eigenvalue weighted by Crippen LogP contribution is 2.35. The average Bonchev–Trinajstić information content (AvgIpc) is 2.51. The quantitative estimate of drug-likeness (QED) is 0.644. The van der Waals surface area contributed by atoms with Crippen molar-refractivity contribution in [1.82, 2.24) is 4.90 Å². The van der Waals surface area contributed by atoms with E-state index < -0.39 is 26.5 Å². The summed E-state index contributed by atoms with van der Waals surface area (Å²) in [5.74, 6) is 0.221. The monoisotopic (exact) mass is 365 g/mol. The third-order valence-electron chi connectivity index (χ3n) is 3.51. The first kappa shape index (κ1) is 18.5. The van der Waals surface area contributed by atoms with Gasteiger partial charge in [-0.3, -0.25) is 0 Å². The molecule has 0 amide bonds. The Morgan fingerprint density at radius 1 is 1.33 bits per heavy atom. The molecule has 10 heteroatoms. The fourth-order valence-electron chi connectivity index (χ4n) is 2.29. The van der Waals surface area contributed by atoms with Gasteiger partial charge < -0.3 is 15.4 Å². The van der Waals surface area contributed by atoms with E-state index in [1.807, 2.05) is 0 Å². The number of benzene rings is 1. The molecule has 24 heavy (non-hydrogen) atoms. The van der Waals surface area contributed by atoms with Crippen molar-refractivity contribution < 1.29 is 26.3 Å². The van der Waals surface area contributed by atoms with Gasteiger partial charge in [0.05, 0.1) is 30.2 Å². The molecule has 2 rings (SSSR count). The molecule has 0 aliphatic carbocycles. The molecule has 1 aromatic carbocycles. The van der Waals surface area contributed by atoms with Crippen LogP contribution in [0.4, 0.5) is 13.2 Å². The number of rotatable bonds is 3. The van der Waals surface area contributed by atoms with Crippen LogP contribution in [0, 0.1) is 0 Å². The van der Waals surface area contributed by atoms with Gasteiger partial charge in [-0.2, -0.15) is 13.2 Å². The van der Waals surface area contributed by atoms with Crippen molar-refractivity contribution >= 4 is 15.8 Å². The minimum atomic E-state index is -4.77. The summed E-state index contributed by atoms with van der Waals surface area (Å²) in [6.07, 6.45) is -4.03. The fourth-order valence-corrected chi connectivity index (χ4v) is 3.17. The van der Waals surface area contributed by atoms with Crippen molar-refractivity contribution in [1.29, 1.82) is 0 Å². The molecule has 0 spiro atoms. The summed E-state index contributed by atoms with van der Waals surface area (Å²) in [4.78, 5) is 5.11. The molecule has 1 aliphatic heterocycles. The van der Waals surface area contributed by atoms with Crippen LogP contribution in [0.1, 0.15) is 11.1 Å². The molecule has 1 aromatic rings. The zero-order chi connectivity index (χ0) is 18.0. The molecule has 134 valence electrons. The lowest BCUT2D eigenvalue weighted by Gasteiger charge is -2.27. The Morgan fingerprint density at radius 3 is 2.50 bits per heavy atom. The van der Waals surface area contributed by atoms with E-state index in [9.17, 15) is 21.6 Å². The maximum Gasteiger partial charge on any atom is 0.417 e. The molecule has 6 nitrogen and oxygen atoms in total. The van der Waals surface area contributed by atoms with Gasteiger partial charge in [-0.25, -0.2) is 13.4 Å². The van der Waals surface area contributed by atoms with Crippen LogP contribution >= 0.6 is 0 Å². The van der Waals surface area contributed by atoms with E-state index >= 15 is 0 Å². The van der Waals surface area contributed by atoms with Crippen LogP contribution in [0.25, 0.3) is 0 Å². The number of alkyl halides is 3. The van der Waals surface area contributed by atoms with Gasteiger partial charge >= 0.3 is 6.18 Å². The summed E-state index contributed by atoms with van der Waals surface area (Å²) in [6.45, 7) is 2.08. The molecule has 2 N–H and O–H groups in total. The largest absolute Gasteiger partial charge is 0.417 e. The highest BCUT2D eigenvalue weighted by Gasteiger charge is 2.36. The molecule has 0 saturated carbocycles. The summed E-state index contributed by atoms with van der Waals surface area (Å²) in [5, 5.41) is 0. The van der Waals surface area contributed by atoms with Gasteiger partial charge in [0.25, 0.3) is 0 Å². The second-order valence-corrected chi connectivity index (χ2v) is 7.36. The van der Waals surface area contributed by atoms with Crippen LogP contribution in [-0.4, -0.2) is 51.8 Å². The summed E-state index contributed by atoms with van der Waals surface area (Å²) in [6, 6.07) is 3.06. The number of nitrogens with two attached hydrogens (primary N) is 1. The van der Waals surface area contributed by atoms with Gasteiger partial charge in [0, 0.05) is 19.3 Å². The highest BCUT2D eigenvalue weighted by molar-refractivity contribution is 7.90. The van der Waals surface area contributed by atoms with E-state index in [2.05, 4.69) is 4.99 Å². The SMILES string of the molecule is CS(=O)(=O)c1ccc(CN=C(N)N2CCOCC2)cc1C(F)(F)F. The Kier molecular flexibility index (Phi) is 5.38. The molecule has 0 radical (unpaired) electrons. The van der Waals surface area contributed by atoms with Crippen molar-refractivity contribution in [3.05, 3.63) is 29.3 Å². The van der Waals surface area contributed by atoms with Crippen LogP contribution in [0.3, 0.4) is 0 Å². The van der Waals surface area contributed by atoms with Gasteiger partial charge in [0.1, 0.15) is 0 Å². The highest BCUT2D eigenvalue weighted by atomic mass is 32.2. The van der Waals surface area contributed by atoms with E-state index in [1.54, 1.807) is 4.90 Å². The molecule has 1 heterocycles. The summed E-state index contributed by atoms with van der Waals surface area (Å²) >= 11 is 0. The number of hydrogen-bond donors (Lipinski definition) is 1. The first-order chi connectivity index (χ1) is 11.1. The van der Waals surface area contributed by atoms with Crippen LogP contribution in [-0.2, 0) is 27.3 Å². The molecular weight excluding hydrogens is 347 g/mol. The smallest absolute Gasteiger partial charge is 0.378 e. The van der Waals surface area contributed by atoms with Crippen LogP contribution in [0.15, 0.2) is 28.1 Å². The molecular formula is C14H18F3N3O3S. The van der Waals surface area contributed by atoms with Crippen molar-refractivity contribution in [2.45, 2.75) is 17.6 Å². The summed E-state index contributed by atoms with van der Waals surface area (Å²) < 4.78 is 67.5. The number of guanidine groups is 1. The molecule has 0 aromatic heterocycles. The molecule has 1 aliphatic rings. The van der Waals surface area contributed by atoms with E-state index in [0.29, 0.717) is 26.3 Å². The third kappa shape index (κ3) is 4.60. The average molecular weight is 365 g/mol. The normalized spacial score (nSPS) is 17.2. The van der Waals surface area contributed by atoms with Crippen molar-refractivity contribution in [3.63, 3.8) is 0 Å². The number of hydrogen-bond acceptors (Lipinski definition) is 4. The maximum absolute atomic E-state index is 13.1. The Hall–Kier alpha value is -1.81. The number of nitrogens with zero attached hydrogens (tertiary/aromatic N) is 2. The first-order valence-electron chi connectivity index (χ1n) is 7.12. The fraction of sp³-hybridized carbons (Fsp3) is 0.500. The van der Waals surface area contributed by atoms with Crippen molar-refractivity contribution in [3.8, 4) is 0 Å². The zero-order valence-corrected chi connectivity index (χ0v) is 13.8. The van der Waals surface area contributed by atoms with E-state index in [4.69, 9.17) is 10.5 Å². The molecule has 0 bridgehead atoms. The standard InChI is InChI=1S/C14H18F3N3O3S/c1-24(21,22)12-3-2-10(8-11(12)14(15,16)17)9-19-13(18)20-4-6-23-7-5-20/h2-3,8H,4-7,9H2,1H3,(H2,18,19). The number of aliphatic imine (C=N–C) groups is 1. The Morgan fingerprint density at radius 2 is 1.96 bits per heavy atom. The summed E-state index contributed by atoms with van der Waals surface area (Å²) in [7, 11) is -3.98. The Labute approximate surface area is 138 Å².